The van der Waals surface area contributed by atoms with Crippen LogP contribution in [0.2, 0.25) is 5.02 Å². The Morgan fingerprint density at radius 1 is 1.12 bits per heavy atom. The third-order valence-corrected chi connectivity index (χ3v) is 8.02. The minimum Gasteiger partial charge on any atom is -0.481 e. The number of fused-ring (bicyclic) bond motifs is 1. The summed E-state index contributed by atoms with van der Waals surface area (Å²) in [5, 5.41) is 13.8. The monoisotopic (exact) mass is 606 g/mol. The number of aliphatic carboxylic acids is 1. The first-order chi connectivity index (χ1) is 19.5. The van der Waals surface area contributed by atoms with Crippen LogP contribution in [0.25, 0.3) is 11.3 Å². The van der Waals surface area contributed by atoms with E-state index in [1.54, 1.807) is 20.8 Å². The molecule has 1 saturated carbocycles. The van der Waals surface area contributed by atoms with Crippen LogP contribution in [0.15, 0.2) is 36.4 Å². The smallest absolute Gasteiger partial charge is 0.398 e. The third kappa shape index (κ3) is 5.19. The molecule has 3 aromatic rings. The molecule has 0 spiro atoms. The molecule has 0 bridgehead atoms. The molecule has 1 atom stereocenters. The molecule has 5 rings (SSSR count). The van der Waals surface area contributed by atoms with E-state index in [4.69, 9.17) is 16.3 Å². The fraction of sp³-hybridized carbons (Fsp3) is 0.400. The van der Waals surface area contributed by atoms with Crippen LogP contribution in [0, 0.1) is 11.7 Å². The number of carbonyl (C=O) groups excluding carboxylic acids is 2. The predicted molar refractivity (Wildman–Crippen MR) is 144 cm³/mol. The Bertz CT molecular complexity index is 1620. The van der Waals surface area contributed by atoms with E-state index in [1.807, 2.05) is 0 Å². The van der Waals surface area contributed by atoms with E-state index in [-0.39, 0.29) is 70.8 Å². The molecular weight excluding hydrogens is 580 g/mol. The number of halogens is 5. The largest absolute Gasteiger partial charge is 0.481 e. The van der Waals surface area contributed by atoms with Gasteiger partial charge in [0.15, 0.2) is 0 Å². The Hall–Kier alpha value is -3.73. The van der Waals surface area contributed by atoms with Gasteiger partial charge in [-0.05, 0) is 76.3 Å². The summed E-state index contributed by atoms with van der Waals surface area (Å²) in [6, 6.07) is 7.48. The van der Waals surface area contributed by atoms with Crippen molar-refractivity contribution >= 4 is 29.4 Å². The number of carbonyl (C=O) groups is 3. The molecule has 0 aliphatic heterocycles. The predicted octanol–water partition coefficient (Wildman–Crippen LogP) is 6.77. The lowest BCUT2D eigenvalue weighted by Gasteiger charge is -2.24. The van der Waals surface area contributed by atoms with Crippen LogP contribution in [0.3, 0.4) is 0 Å². The van der Waals surface area contributed by atoms with Crippen molar-refractivity contribution in [1.29, 1.82) is 0 Å². The van der Waals surface area contributed by atoms with Crippen molar-refractivity contribution in [3.05, 3.63) is 75.2 Å². The summed E-state index contributed by atoms with van der Waals surface area (Å²) in [7, 11) is 0. The topological polar surface area (TPSA) is 98.5 Å². The van der Waals surface area contributed by atoms with Crippen LogP contribution in [-0.4, -0.2) is 44.5 Å². The van der Waals surface area contributed by atoms with Crippen molar-refractivity contribution in [2.75, 3.05) is 0 Å². The van der Waals surface area contributed by atoms with Gasteiger partial charge in [-0.3, -0.25) is 9.59 Å². The molecule has 222 valence electrons. The van der Waals surface area contributed by atoms with Crippen molar-refractivity contribution in [3.63, 3.8) is 0 Å². The van der Waals surface area contributed by atoms with E-state index < -0.39 is 46.8 Å². The zero-order valence-electron chi connectivity index (χ0n) is 22.9. The highest BCUT2D eigenvalue weighted by molar-refractivity contribution is 6.34. The molecule has 0 amide bonds. The van der Waals surface area contributed by atoms with Crippen molar-refractivity contribution in [2.45, 2.75) is 70.1 Å². The minimum absolute atomic E-state index is 0.0287. The number of alkyl halides is 3. The van der Waals surface area contributed by atoms with Crippen molar-refractivity contribution in [3.8, 4) is 11.3 Å². The van der Waals surface area contributed by atoms with E-state index in [0.29, 0.717) is 5.56 Å². The molecule has 0 saturated heterocycles. The maximum Gasteiger partial charge on any atom is 0.398 e. The molecule has 1 N–H and O–H groups in total. The van der Waals surface area contributed by atoms with Gasteiger partial charge in [0.1, 0.15) is 11.4 Å². The lowest BCUT2D eigenvalue weighted by molar-refractivity contribution is -0.160. The molecule has 0 radical (unpaired) electrons. The van der Waals surface area contributed by atoms with E-state index in [0.717, 1.165) is 10.7 Å². The van der Waals surface area contributed by atoms with Crippen molar-refractivity contribution in [2.24, 2.45) is 5.92 Å². The summed E-state index contributed by atoms with van der Waals surface area (Å²) in [6.07, 6.45) is -4.89. The standard InChI is InChI=1S/C30H27ClF4N2O5/c1-28(2,3)42-27(41)16-8-9-17(21(32)13-16)24-18-10-7-15(26(39)40)14-22(18)37(36-24)25(38)23-19(5-4-6-20(23)31)29(11-12-29)30(33,34)35/h4-6,8-9,13,15H,7,10-12,14H2,1-3H3,(H,39,40). The highest BCUT2D eigenvalue weighted by Gasteiger charge is 2.65. The van der Waals surface area contributed by atoms with E-state index in [2.05, 4.69) is 5.10 Å². The van der Waals surface area contributed by atoms with Crippen molar-refractivity contribution in [1.82, 2.24) is 9.78 Å². The number of rotatable bonds is 5. The first-order valence-electron chi connectivity index (χ1n) is 13.3. The summed E-state index contributed by atoms with van der Waals surface area (Å²) >= 11 is 6.33. The number of aromatic nitrogens is 2. The van der Waals surface area contributed by atoms with Gasteiger partial charge in [-0.2, -0.15) is 23.0 Å². The average Bonchev–Trinajstić information content (AvgIpc) is 3.63. The summed E-state index contributed by atoms with van der Waals surface area (Å²) in [5.41, 5.74) is -3.24. The molecule has 1 aromatic heterocycles. The molecule has 12 heteroatoms. The highest BCUT2D eigenvalue weighted by Crippen LogP contribution is 2.60. The van der Waals surface area contributed by atoms with Gasteiger partial charge in [-0.15, -0.1) is 0 Å². The Morgan fingerprint density at radius 3 is 2.38 bits per heavy atom. The second-order valence-electron chi connectivity index (χ2n) is 11.7. The molecule has 2 aliphatic rings. The third-order valence-electron chi connectivity index (χ3n) is 7.71. The number of carboxylic acids is 1. The maximum atomic E-state index is 15.5. The second-order valence-corrected chi connectivity index (χ2v) is 12.1. The van der Waals surface area contributed by atoms with Gasteiger partial charge in [0.25, 0.3) is 5.91 Å². The summed E-state index contributed by atoms with van der Waals surface area (Å²) in [6.45, 7) is 5.00. The summed E-state index contributed by atoms with van der Waals surface area (Å²) < 4.78 is 64.0. The van der Waals surface area contributed by atoms with Crippen LogP contribution >= 0.6 is 11.6 Å². The number of benzene rings is 2. The van der Waals surface area contributed by atoms with Gasteiger partial charge in [0.05, 0.1) is 38.9 Å². The molecule has 1 heterocycles. The minimum atomic E-state index is -4.63. The van der Waals surface area contributed by atoms with Gasteiger partial charge in [-0.1, -0.05) is 23.7 Å². The molecule has 1 fully saturated rings. The summed E-state index contributed by atoms with van der Waals surface area (Å²) in [5.74, 6) is -4.55. The van der Waals surface area contributed by atoms with Crippen LogP contribution in [0.5, 0.6) is 0 Å². The Kier molecular flexibility index (Phi) is 7.24. The van der Waals surface area contributed by atoms with Crippen LogP contribution < -0.4 is 0 Å². The van der Waals surface area contributed by atoms with Crippen LogP contribution in [-0.2, 0) is 27.8 Å². The average molecular weight is 607 g/mol. The first-order valence-corrected chi connectivity index (χ1v) is 13.7. The number of nitrogens with zero attached hydrogens (tertiary/aromatic N) is 2. The molecule has 2 aliphatic carbocycles. The van der Waals surface area contributed by atoms with E-state index in [9.17, 15) is 32.7 Å². The highest BCUT2D eigenvalue weighted by atomic mass is 35.5. The van der Waals surface area contributed by atoms with Gasteiger partial charge in [0, 0.05) is 17.5 Å². The SMILES string of the molecule is CC(C)(C)OC(=O)c1ccc(-c2nn(C(=O)c3c(Cl)cccc3C3(C(F)(F)F)CC3)c3c2CCC(C(=O)O)C3)c(F)c1. The molecule has 1 unspecified atom stereocenters. The zero-order chi connectivity index (χ0) is 30.8. The van der Waals surface area contributed by atoms with E-state index in [1.165, 1.54) is 30.3 Å². The molecule has 42 heavy (non-hydrogen) atoms. The fourth-order valence-electron chi connectivity index (χ4n) is 5.45. The lowest BCUT2D eigenvalue weighted by atomic mass is 9.85. The Morgan fingerprint density at radius 2 is 1.81 bits per heavy atom. The van der Waals surface area contributed by atoms with Gasteiger partial charge < -0.3 is 9.84 Å². The molecular formula is C30H27ClF4N2O5. The van der Waals surface area contributed by atoms with Crippen LogP contribution in [0.1, 0.15) is 77.6 Å². The van der Waals surface area contributed by atoms with Crippen molar-refractivity contribution < 1.29 is 41.8 Å². The molecule has 2 aromatic carbocycles. The van der Waals surface area contributed by atoms with Gasteiger partial charge in [0.2, 0.25) is 0 Å². The lowest BCUT2D eigenvalue weighted by Crippen LogP contribution is -2.32. The van der Waals surface area contributed by atoms with E-state index >= 15 is 4.39 Å². The normalized spacial score (nSPS) is 17.9. The number of esters is 1. The zero-order valence-corrected chi connectivity index (χ0v) is 23.7. The molecule has 7 nitrogen and oxygen atoms in total. The van der Waals surface area contributed by atoms with Gasteiger partial charge in [-0.25, -0.2) is 9.18 Å². The second kappa shape index (κ2) is 10.2. The Labute approximate surface area is 243 Å². The van der Waals surface area contributed by atoms with Crippen LogP contribution in [0.4, 0.5) is 17.6 Å². The Balaban J connectivity index is 1.64. The summed E-state index contributed by atoms with van der Waals surface area (Å²) in [4.78, 5) is 38.3. The number of hydrogen-bond donors (Lipinski definition) is 1. The fourth-order valence-corrected chi connectivity index (χ4v) is 5.71. The maximum absolute atomic E-state index is 15.5. The quantitative estimate of drug-likeness (QED) is 0.254. The van der Waals surface area contributed by atoms with Gasteiger partial charge >= 0.3 is 18.1 Å². The first kappa shape index (κ1) is 29.8. The number of hydrogen-bond acceptors (Lipinski definition) is 5. The number of carboxylic acid groups (broad SMARTS) is 1. The number of ether oxygens (including phenoxy) is 1.